The SMILES string of the molecule is O=C(Cl)Oc1c(C(F)(F)F)[nH]c2c(C(F)(F)F)cccc2c1=O. The molecule has 2 aromatic rings. The number of fused-ring (bicyclic) bond motifs is 1. The second-order valence-corrected chi connectivity index (χ2v) is 4.53. The summed E-state index contributed by atoms with van der Waals surface area (Å²) in [6, 6.07) is 2.20. The van der Waals surface area contributed by atoms with Crippen LogP contribution in [-0.4, -0.2) is 10.4 Å². The first-order valence-corrected chi connectivity index (χ1v) is 6.01. The number of rotatable bonds is 1. The van der Waals surface area contributed by atoms with Gasteiger partial charge in [-0.3, -0.25) is 4.79 Å². The van der Waals surface area contributed by atoms with Crippen molar-refractivity contribution in [1.29, 1.82) is 0 Å². The topological polar surface area (TPSA) is 59.2 Å². The molecule has 11 heteroatoms. The maximum atomic E-state index is 12.9. The van der Waals surface area contributed by atoms with Crippen LogP contribution >= 0.6 is 11.6 Å². The van der Waals surface area contributed by atoms with Crippen LogP contribution < -0.4 is 10.2 Å². The largest absolute Gasteiger partial charge is 0.435 e. The van der Waals surface area contributed by atoms with E-state index in [0.29, 0.717) is 6.07 Å². The van der Waals surface area contributed by atoms with Crippen LogP contribution in [-0.2, 0) is 12.4 Å². The van der Waals surface area contributed by atoms with Crippen molar-refractivity contribution in [3.8, 4) is 5.75 Å². The van der Waals surface area contributed by atoms with Crippen molar-refractivity contribution in [3.05, 3.63) is 39.7 Å². The summed E-state index contributed by atoms with van der Waals surface area (Å²) in [4.78, 5) is 24.1. The third-order valence-corrected chi connectivity index (χ3v) is 2.84. The van der Waals surface area contributed by atoms with Crippen molar-refractivity contribution in [3.63, 3.8) is 0 Å². The molecule has 0 saturated carbocycles. The number of hydrogen-bond donors (Lipinski definition) is 1. The molecular formula is C12H4ClF6NO3. The van der Waals surface area contributed by atoms with Gasteiger partial charge in [0.1, 0.15) is 0 Å². The standard InChI is InChI=1S/C12H4ClF6NO3/c13-10(22)23-8-7(21)4-2-1-3-5(11(14,15)16)6(4)20-9(8)12(17,18)19/h1-3H,(H,20,21). The molecule has 0 aliphatic heterocycles. The fourth-order valence-electron chi connectivity index (χ4n) is 1.91. The Balaban J connectivity index is 2.96. The first kappa shape index (κ1) is 17.1. The quantitative estimate of drug-likeness (QED) is 0.610. The van der Waals surface area contributed by atoms with Gasteiger partial charge in [-0.05, 0) is 12.1 Å². The van der Waals surface area contributed by atoms with Crippen LogP contribution in [0.2, 0.25) is 0 Å². The van der Waals surface area contributed by atoms with E-state index in [9.17, 15) is 35.9 Å². The zero-order valence-electron chi connectivity index (χ0n) is 10.6. The first-order valence-electron chi connectivity index (χ1n) is 5.63. The van der Waals surface area contributed by atoms with E-state index in [4.69, 9.17) is 11.6 Å². The molecule has 0 saturated heterocycles. The van der Waals surface area contributed by atoms with Crippen LogP contribution in [0.1, 0.15) is 11.3 Å². The summed E-state index contributed by atoms with van der Waals surface area (Å²) in [6.45, 7) is 0. The minimum absolute atomic E-state index is 0.506. The molecule has 0 amide bonds. The molecule has 23 heavy (non-hydrogen) atoms. The summed E-state index contributed by atoms with van der Waals surface area (Å²) in [5.74, 6) is -1.52. The molecule has 0 radical (unpaired) electrons. The summed E-state index contributed by atoms with van der Waals surface area (Å²) in [6.07, 6.45) is -10.3. The Morgan fingerprint density at radius 2 is 1.70 bits per heavy atom. The van der Waals surface area contributed by atoms with Crippen LogP contribution in [0.3, 0.4) is 0 Å². The van der Waals surface area contributed by atoms with Gasteiger partial charge in [0, 0.05) is 11.6 Å². The number of carbonyl (C=O) groups excluding carboxylic acids is 1. The van der Waals surface area contributed by atoms with Crippen molar-refractivity contribution in [2.75, 3.05) is 0 Å². The Hall–Kier alpha value is -2.23. The summed E-state index contributed by atoms with van der Waals surface area (Å²) in [5.41, 5.74) is -7.78. The van der Waals surface area contributed by atoms with E-state index in [1.807, 2.05) is 0 Å². The molecule has 0 aliphatic carbocycles. The number of benzene rings is 1. The number of halogens is 7. The molecule has 0 fully saturated rings. The first-order chi connectivity index (χ1) is 10.4. The van der Waals surface area contributed by atoms with Crippen LogP contribution in [0, 0.1) is 0 Å². The fourth-order valence-corrected chi connectivity index (χ4v) is 1.98. The number of aromatic nitrogens is 1. The molecule has 124 valence electrons. The van der Waals surface area contributed by atoms with Gasteiger partial charge in [-0.1, -0.05) is 6.07 Å². The lowest BCUT2D eigenvalue weighted by Gasteiger charge is -2.15. The summed E-state index contributed by atoms with van der Waals surface area (Å²) in [5, 5.41) is -0.735. The number of alkyl halides is 6. The van der Waals surface area contributed by atoms with Gasteiger partial charge in [-0.25, -0.2) is 4.79 Å². The number of hydrogen-bond acceptors (Lipinski definition) is 3. The minimum atomic E-state index is -5.28. The third-order valence-electron chi connectivity index (χ3n) is 2.76. The minimum Gasteiger partial charge on any atom is -0.408 e. The van der Waals surface area contributed by atoms with Crippen molar-refractivity contribution in [2.45, 2.75) is 12.4 Å². The molecule has 1 aromatic heterocycles. The Morgan fingerprint density at radius 1 is 1.09 bits per heavy atom. The maximum absolute atomic E-state index is 12.9. The molecular weight excluding hydrogens is 356 g/mol. The lowest BCUT2D eigenvalue weighted by molar-refractivity contribution is -0.143. The Kier molecular flexibility index (Phi) is 4.05. The van der Waals surface area contributed by atoms with Crippen molar-refractivity contribution in [1.82, 2.24) is 4.98 Å². The van der Waals surface area contributed by atoms with E-state index < -0.39 is 51.1 Å². The molecule has 0 bridgehead atoms. The summed E-state index contributed by atoms with van der Waals surface area (Å²) in [7, 11) is 0. The van der Waals surface area contributed by atoms with Gasteiger partial charge in [-0.15, -0.1) is 0 Å². The zero-order chi connectivity index (χ0) is 17.6. The Labute approximate surface area is 127 Å². The van der Waals surface area contributed by atoms with Crippen LogP contribution in [0.25, 0.3) is 10.9 Å². The van der Waals surface area contributed by atoms with E-state index in [2.05, 4.69) is 4.74 Å². The number of pyridine rings is 1. The van der Waals surface area contributed by atoms with Crippen LogP contribution in [0.5, 0.6) is 5.75 Å². The molecule has 1 N–H and O–H groups in total. The predicted octanol–water partition coefficient (Wildman–Crippen LogP) is 4.30. The summed E-state index contributed by atoms with van der Waals surface area (Å²) < 4.78 is 81.5. The number of H-pyrrole nitrogens is 1. The Bertz CT molecular complexity index is 840. The highest BCUT2D eigenvalue weighted by Gasteiger charge is 2.40. The van der Waals surface area contributed by atoms with Crippen LogP contribution in [0.15, 0.2) is 23.0 Å². The molecule has 0 aliphatic rings. The van der Waals surface area contributed by atoms with E-state index in [1.165, 1.54) is 4.98 Å². The highest BCUT2D eigenvalue weighted by Crippen LogP contribution is 2.38. The van der Waals surface area contributed by atoms with Gasteiger partial charge in [0.2, 0.25) is 11.2 Å². The van der Waals surface area contributed by atoms with Gasteiger partial charge in [-0.2, -0.15) is 26.3 Å². The molecule has 4 nitrogen and oxygen atoms in total. The lowest BCUT2D eigenvalue weighted by atomic mass is 10.1. The van der Waals surface area contributed by atoms with Gasteiger partial charge < -0.3 is 9.72 Å². The van der Waals surface area contributed by atoms with Gasteiger partial charge in [0.25, 0.3) is 0 Å². The average molecular weight is 360 g/mol. The van der Waals surface area contributed by atoms with E-state index in [-0.39, 0.29) is 0 Å². The van der Waals surface area contributed by atoms with Gasteiger partial charge in [0.05, 0.1) is 16.5 Å². The van der Waals surface area contributed by atoms with Crippen molar-refractivity contribution in [2.24, 2.45) is 0 Å². The predicted molar refractivity (Wildman–Crippen MR) is 66.4 cm³/mol. The van der Waals surface area contributed by atoms with E-state index in [0.717, 1.165) is 12.1 Å². The fraction of sp³-hybridized carbons (Fsp3) is 0.167. The second-order valence-electron chi connectivity index (χ2n) is 4.22. The van der Waals surface area contributed by atoms with Crippen molar-refractivity contribution >= 4 is 27.9 Å². The number of aromatic amines is 1. The van der Waals surface area contributed by atoms with Crippen LogP contribution in [0.4, 0.5) is 31.1 Å². The maximum Gasteiger partial charge on any atom is 0.435 e. The van der Waals surface area contributed by atoms with Gasteiger partial charge >= 0.3 is 17.8 Å². The molecule has 0 unspecified atom stereocenters. The van der Waals surface area contributed by atoms with E-state index in [1.54, 1.807) is 0 Å². The highest BCUT2D eigenvalue weighted by molar-refractivity contribution is 6.61. The van der Waals surface area contributed by atoms with Crippen molar-refractivity contribution < 1.29 is 35.9 Å². The zero-order valence-corrected chi connectivity index (χ0v) is 11.4. The Morgan fingerprint density at radius 3 is 2.17 bits per heavy atom. The summed E-state index contributed by atoms with van der Waals surface area (Å²) >= 11 is 4.80. The van der Waals surface area contributed by atoms with Gasteiger partial charge in [0.15, 0.2) is 5.69 Å². The lowest BCUT2D eigenvalue weighted by Crippen LogP contribution is -2.21. The molecule has 1 aromatic carbocycles. The normalized spacial score (nSPS) is 12.5. The molecule has 0 spiro atoms. The highest BCUT2D eigenvalue weighted by atomic mass is 35.5. The monoisotopic (exact) mass is 359 g/mol. The number of ether oxygens (including phenoxy) is 1. The molecule has 2 rings (SSSR count). The average Bonchev–Trinajstić information content (AvgIpc) is 2.38. The number of para-hydroxylation sites is 1. The molecule has 0 atom stereocenters. The number of nitrogens with one attached hydrogen (secondary N) is 1. The second kappa shape index (κ2) is 5.44. The van der Waals surface area contributed by atoms with E-state index >= 15 is 0 Å². The smallest absolute Gasteiger partial charge is 0.408 e. The molecule has 1 heterocycles. The number of carbonyl (C=O) groups is 1. The third kappa shape index (κ3) is 3.26.